The summed E-state index contributed by atoms with van der Waals surface area (Å²) in [7, 11) is 0. The molecule has 2 unspecified atom stereocenters. The van der Waals surface area contributed by atoms with Gasteiger partial charge in [-0.3, -0.25) is 0 Å². The Kier molecular flexibility index (Phi) is 4.03. The maximum atomic E-state index is 9.78. The van der Waals surface area contributed by atoms with Gasteiger partial charge in [0.15, 0.2) is 5.13 Å². The maximum absolute atomic E-state index is 9.78. The first-order valence-electron chi connectivity index (χ1n) is 7.18. The van der Waals surface area contributed by atoms with Crippen LogP contribution in [0.25, 0.3) is 11.3 Å². The van der Waals surface area contributed by atoms with Gasteiger partial charge in [0.25, 0.3) is 0 Å². The van der Waals surface area contributed by atoms with Crippen molar-refractivity contribution in [3.8, 4) is 11.3 Å². The molecule has 2 atom stereocenters. The molecule has 0 aliphatic carbocycles. The Labute approximate surface area is 123 Å². The molecule has 3 nitrogen and oxygen atoms in total. The predicted octanol–water partition coefficient (Wildman–Crippen LogP) is 3.41. The zero-order valence-electron chi connectivity index (χ0n) is 11.7. The summed E-state index contributed by atoms with van der Waals surface area (Å²) in [6.07, 6.45) is 2.02. The van der Waals surface area contributed by atoms with Crippen molar-refractivity contribution in [2.75, 3.05) is 18.0 Å². The minimum absolute atomic E-state index is 0.230. The number of hydrogen-bond acceptors (Lipinski definition) is 4. The molecule has 1 aliphatic heterocycles. The summed E-state index contributed by atoms with van der Waals surface area (Å²) in [5.74, 6) is 0.368. The van der Waals surface area contributed by atoms with Crippen molar-refractivity contribution in [3.05, 3.63) is 35.7 Å². The Hall–Kier alpha value is -1.39. The van der Waals surface area contributed by atoms with Crippen LogP contribution in [-0.2, 0) is 0 Å². The molecule has 20 heavy (non-hydrogen) atoms. The molecule has 0 radical (unpaired) electrons. The fraction of sp³-hybridized carbons (Fsp3) is 0.438. The van der Waals surface area contributed by atoms with Crippen molar-refractivity contribution in [2.45, 2.75) is 25.9 Å². The Morgan fingerprint density at radius 3 is 2.90 bits per heavy atom. The molecule has 1 aliphatic rings. The van der Waals surface area contributed by atoms with Crippen LogP contribution in [0.5, 0.6) is 0 Å². The Bertz CT molecular complexity index is 553. The summed E-state index contributed by atoms with van der Waals surface area (Å²) in [4.78, 5) is 7.08. The fourth-order valence-corrected chi connectivity index (χ4v) is 3.60. The number of nitrogens with zero attached hydrogens (tertiary/aromatic N) is 2. The minimum Gasteiger partial charge on any atom is -0.393 e. The molecular formula is C16H20N2OS. The molecule has 2 heterocycles. The highest BCUT2D eigenvalue weighted by Crippen LogP contribution is 2.30. The number of rotatable bonds is 3. The lowest BCUT2D eigenvalue weighted by atomic mass is 9.94. The molecule has 1 aromatic carbocycles. The Morgan fingerprint density at radius 2 is 2.15 bits per heavy atom. The summed E-state index contributed by atoms with van der Waals surface area (Å²) >= 11 is 1.70. The maximum Gasteiger partial charge on any atom is 0.185 e. The highest BCUT2D eigenvalue weighted by molar-refractivity contribution is 7.14. The van der Waals surface area contributed by atoms with Crippen LogP contribution in [0.2, 0.25) is 0 Å². The van der Waals surface area contributed by atoms with Crippen molar-refractivity contribution in [2.24, 2.45) is 5.92 Å². The van der Waals surface area contributed by atoms with Gasteiger partial charge in [-0.15, -0.1) is 11.3 Å². The number of hydrogen-bond donors (Lipinski definition) is 1. The summed E-state index contributed by atoms with van der Waals surface area (Å²) < 4.78 is 0. The molecule has 0 saturated carbocycles. The quantitative estimate of drug-likeness (QED) is 0.940. The third-order valence-electron chi connectivity index (χ3n) is 3.97. The van der Waals surface area contributed by atoms with Crippen LogP contribution < -0.4 is 4.90 Å². The van der Waals surface area contributed by atoms with Crippen molar-refractivity contribution in [3.63, 3.8) is 0 Å². The minimum atomic E-state index is -0.230. The van der Waals surface area contributed by atoms with Crippen molar-refractivity contribution < 1.29 is 5.11 Å². The fourth-order valence-electron chi connectivity index (χ4n) is 2.73. The molecule has 4 heteroatoms. The van der Waals surface area contributed by atoms with E-state index >= 15 is 0 Å². The topological polar surface area (TPSA) is 36.4 Å². The number of piperidine rings is 1. The van der Waals surface area contributed by atoms with Gasteiger partial charge in [0.05, 0.1) is 11.8 Å². The van der Waals surface area contributed by atoms with E-state index in [1.54, 1.807) is 11.3 Å². The van der Waals surface area contributed by atoms with Gasteiger partial charge < -0.3 is 10.0 Å². The van der Waals surface area contributed by atoms with Crippen molar-refractivity contribution in [1.29, 1.82) is 0 Å². The second kappa shape index (κ2) is 5.94. The number of anilines is 1. The lowest BCUT2D eigenvalue weighted by molar-refractivity contribution is 0.115. The van der Waals surface area contributed by atoms with Gasteiger partial charge in [-0.05, 0) is 19.8 Å². The second-order valence-electron chi connectivity index (χ2n) is 5.47. The molecule has 106 valence electrons. The first-order chi connectivity index (χ1) is 9.74. The average Bonchev–Trinajstić information content (AvgIpc) is 2.98. The Morgan fingerprint density at radius 1 is 1.35 bits per heavy atom. The number of aromatic nitrogens is 1. The van der Waals surface area contributed by atoms with Crippen LogP contribution in [0.4, 0.5) is 5.13 Å². The standard InChI is InChI=1S/C16H20N2OS/c1-12(19)14-8-5-9-18(10-14)16-17-15(11-20-16)13-6-3-2-4-7-13/h2-4,6-7,11-12,14,19H,5,8-10H2,1H3. The van der Waals surface area contributed by atoms with E-state index in [0.717, 1.165) is 36.8 Å². The smallest absolute Gasteiger partial charge is 0.185 e. The molecule has 1 aromatic heterocycles. The first-order valence-corrected chi connectivity index (χ1v) is 8.06. The van der Waals surface area contributed by atoms with Gasteiger partial charge in [-0.2, -0.15) is 0 Å². The lowest BCUT2D eigenvalue weighted by Crippen LogP contribution is -2.39. The molecular weight excluding hydrogens is 268 g/mol. The van der Waals surface area contributed by atoms with E-state index in [9.17, 15) is 5.11 Å². The summed E-state index contributed by atoms with van der Waals surface area (Å²) in [6.45, 7) is 3.86. The SMILES string of the molecule is CC(O)C1CCCN(c2nc(-c3ccccc3)cs2)C1. The van der Waals surface area contributed by atoms with Gasteiger partial charge in [0.1, 0.15) is 0 Å². The lowest BCUT2D eigenvalue weighted by Gasteiger charge is -2.33. The zero-order chi connectivity index (χ0) is 13.9. The molecule has 3 rings (SSSR count). The van der Waals surface area contributed by atoms with E-state index in [1.807, 2.05) is 25.1 Å². The highest BCUT2D eigenvalue weighted by atomic mass is 32.1. The molecule has 0 spiro atoms. The van der Waals surface area contributed by atoms with Gasteiger partial charge in [0, 0.05) is 30.0 Å². The van der Waals surface area contributed by atoms with E-state index < -0.39 is 0 Å². The van der Waals surface area contributed by atoms with Crippen LogP contribution in [0.15, 0.2) is 35.7 Å². The predicted molar refractivity (Wildman–Crippen MR) is 84.2 cm³/mol. The van der Waals surface area contributed by atoms with Crippen molar-refractivity contribution >= 4 is 16.5 Å². The van der Waals surface area contributed by atoms with E-state index in [4.69, 9.17) is 4.98 Å². The number of aliphatic hydroxyl groups excluding tert-OH is 1. The second-order valence-corrected chi connectivity index (χ2v) is 6.31. The van der Waals surface area contributed by atoms with E-state index in [1.165, 1.54) is 5.56 Å². The first kappa shape index (κ1) is 13.6. The summed E-state index contributed by atoms with van der Waals surface area (Å²) in [6, 6.07) is 10.3. The summed E-state index contributed by atoms with van der Waals surface area (Å²) in [5, 5.41) is 13.0. The molecule has 2 aromatic rings. The third kappa shape index (κ3) is 2.86. The number of aliphatic hydroxyl groups is 1. The van der Waals surface area contributed by atoms with Gasteiger partial charge in [0.2, 0.25) is 0 Å². The number of thiazole rings is 1. The van der Waals surface area contributed by atoms with Crippen LogP contribution in [0.1, 0.15) is 19.8 Å². The monoisotopic (exact) mass is 288 g/mol. The van der Waals surface area contributed by atoms with Crippen LogP contribution >= 0.6 is 11.3 Å². The van der Waals surface area contributed by atoms with E-state index in [0.29, 0.717) is 5.92 Å². The van der Waals surface area contributed by atoms with Crippen molar-refractivity contribution in [1.82, 2.24) is 4.98 Å². The van der Waals surface area contributed by atoms with E-state index in [2.05, 4.69) is 22.4 Å². The van der Waals surface area contributed by atoms with Crippen LogP contribution in [0, 0.1) is 5.92 Å². The van der Waals surface area contributed by atoms with Gasteiger partial charge >= 0.3 is 0 Å². The Balaban J connectivity index is 1.77. The molecule has 1 saturated heterocycles. The van der Waals surface area contributed by atoms with Gasteiger partial charge in [-0.1, -0.05) is 30.3 Å². The largest absolute Gasteiger partial charge is 0.393 e. The van der Waals surface area contributed by atoms with Crippen LogP contribution in [-0.4, -0.2) is 29.3 Å². The highest BCUT2D eigenvalue weighted by Gasteiger charge is 2.25. The third-order valence-corrected chi connectivity index (χ3v) is 4.87. The molecule has 1 fully saturated rings. The molecule has 1 N–H and O–H groups in total. The summed E-state index contributed by atoms with van der Waals surface area (Å²) in [5.41, 5.74) is 2.21. The van der Waals surface area contributed by atoms with E-state index in [-0.39, 0.29) is 6.10 Å². The van der Waals surface area contributed by atoms with Crippen LogP contribution in [0.3, 0.4) is 0 Å². The average molecular weight is 288 g/mol. The number of benzene rings is 1. The molecule has 0 bridgehead atoms. The molecule has 0 amide bonds. The van der Waals surface area contributed by atoms with Gasteiger partial charge in [-0.25, -0.2) is 4.98 Å². The zero-order valence-corrected chi connectivity index (χ0v) is 12.5. The normalized spacial score (nSPS) is 20.9.